The van der Waals surface area contributed by atoms with Crippen LogP contribution in [-0.2, 0) is 9.53 Å². The number of hydrogen-bond donors (Lipinski definition) is 1. The fourth-order valence-electron chi connectivity index (χ4n) is 1.69. The van der Waals surface area contributed by atoms with Crippen molar-refractivity contribution in [2.24, 2.45) is 0 Å². The first-order chi connectivity index (χ1) is 11.0. The number of carbonyl (C=O) groups excluding carboxylic acids is 2. The second-order valence-electron chi connectivity index (χ2n) is 4.57. The minimum atomic E-state index is -1.02. The molecule has 2 aromatic rings. The summed E-state index contributed by atoms with van der Waals surface area (Å²) in [6, 6.07) is 11.3. The number of nitrogens with zero attached hydrogens (tertiary/aromatic N) is 2. The molecule has 7 heteroatoms. The predicted molar refractivity (Wildman–Crippen MR) is 83.9 cm³/mol. The van der Waals surface area contributed by atoms with Crippen LogP contribution in [0.3, 0.4) is 0 Å². The summed E-state index contributed by atoms with van der Waals surface area (Å²) in [5.74, 6) is -1.23. The number of nitrogens with one attached hydrogen (secondary N) is 1. The standard InChI is InChI=1S/C16H12ClN3O3/c1-10(23-16(22)13-3-2-8-19-14(13)17)15(21)20-12-6-4-11(9-18)5-7-12/h2-8,10H,1H3,(H,20,21)/t10-/m0/s1. The number of aromatic nitrogens is 1. The van der Waals surface area contributed by atoms with Gasteiger partial charge in [0.2, 0.25) is 0 Å². The van der Waals surface area contributed by atoms with Gasteiger partial charge in [0.25, 0.3) is 5.91 Å². The van der Waals surface area contributed by atoms with Gasteiger partial charge in [0, 0.05) is 11.9 Å². The highest BCUT2D eigenvalue weighted by Crippen LogP contribution is 2.14. The molecule has 0 aliphatic rings. The lowest BCUT2D eigenvalue weighted by molar-refractivity contribution is -0.123. The summed E-state index contributed by atoms with van der Waals surface area (Å²) < 4.78 is 5.07. The second kappa shape index (κ2) is 7.38. The van der Waals surface area contributed by atoms with Crippen LogP contribution in [0.15, 0.2) is 42.6 Å². The summed E-state index contributed by atoms with van der Waals surface area (Å²) in [6.07, 6.45) is 0.426. The van der Waals surface area contributed by atoms with Crippen LogP contribution in [-0.4, -0.2) is 23.0 Å². The van der Waals surface area contributed by atoms with Crippen LogP contribution in [0.2, 0.25) is 5.15 Å². The van der Waals surface area contributed by atoms with Crippen molar-refractivity contribution in [3.8, 4) is 6.07 Å². The van der Waals surface area contributed by atoms with Gasteiger partial charge in [0.15, 0.2) is 6.10 Å². The summed E-state index contributed by atoms with van der Waals surface area (Å²) in [7, 11) is 0. The molecule has 1 aromatic carbocycles. The number of pyridine rings is 1. The zero-order valence-electron chi connectivity index (χ0n) is 12.1. The van der Waals surface area contributed by atoms with Gasteiger partial charge in [0.1, 0.15) is 5.15 Å². The van der Waals surface area contributed by atoms with Crippen molar-refractivity contribution in [1.29, 1.82) is 5.26 Å². The summed E-state index contributed by atoms with van der Waals surface area (Å²) in [6.45, 7) is 1.45. The van der Waals surface area contributed by atoms with Crippen molar-refractivity contribution >= 4 is 29.2 Å². The van der Waals surface area contributed by atoms with Gasteiger partial charge in [-0.25, -0.2) is 9.78 Å². The van der Waals surface area contributed by atoms with Crippen LogP contribution in [0.5, 0.6) is 0 Å². The number of esters is 1. The van der Waals surface area contributed by atoms with Crippen LogP contribution >= 0.6 is 11.6 Å². The van der Waals surface area contributed by atoms with E-state index >= 15 is 0 Å². The molecule has 0 radical (unpaired) electrons. The van der Waals surface area contributed by atoms with Gasteiger partial charge in [-0.1, -0.05) is 11.6 Å². The van der Waals surface area contributed by atoms with E-state index in [1.165, 1.54) is 19.2 Å². The Morgan fingerprint density at radius 3 is 2.61 bits per heavy atom. The molecule has 1 N–H and O–H groups in total. The molecule has 116 valence electrons. The van der Waals surface area contributed by atoms with Crippen LogP contribution in [0.25, 0.3) is 0 Å². The highest BCUT2D eigenvalue weighted by atomic mass is 35.5. The molecule has 23 heavy (non-hydrogen) atoms. The third-order valence-corrected chi connectivity index (χ3v) is 3.21. The molecular weight excluding hydrogens is 318 g/mol. The van der Waals surface area contributed by atoms with Gasteiger partial charge in [-0.3, -0.25) is 4.79 Å². The van der Waals surface area contributed by atoms with E-state index in [1.807, 2.05) is 6.07 Å². The van der Waals surface area contributed by atoms with Crippen molar-refractivity contribution in [3.63, 3.8) is 0 Å². The van der Waals surface area contributed by atoms with Gasteiger partial charge < -0.3 is 10.1 Å². The molecule has 1 amide bonds. The first-order valence-electron chi connectivity index (χ1n) is 6.64. The predicted octanol–water partition coefficient (Wildman–Crippen LogP) is 2.79. The molecule has 0 fully saturated rings. The zero-order chi connectivity index (χ0) is 16.8. The Morgan fingerprint density at radius 2 is 2.00 bits per heavy atom. The number of anilines is 1. The van der Waals surface area contributed by atoms with Gasteiger partial charge in [-0.15, -0.1) is 0 Å². The van der Waals surface area contributed by atoms with Crippen LogP contribution in [0.1, 0.15) is 22.8 Å². The summed E-state index contributed by atoms with van der Waals surface area (Å²) >= 11 is 5.80. The minimum Gasteiger partial charge on any atom is -0.449 e. The van der Waals surface area contributed by atoms with Crippen LogP contribution in [0, 0.1) is 11.3 Å². The van der Waals surface area contributed by atoms with Gasteiger partial charge in [-0.05, 0) is 43.3 Å². The first kappa shape index (κ1) is 16.5. The van der Waals surface area contributed by atoms with E-state index in [1.54, 1.807) is 30.3 Å². The third kappa shape index (κ3) is 4.28. The molecular formula is C16H12ClN3O3. The van der Waals surface area contributed by atoms with E-state index in [0.29, 0.717) is 11.3 Å². The Hall–Kier alpha value is -2.91. The average Bonchev–Trinajstić information content (AvgIpc) is 2.55. The minimum absolute atomic E-state index is 0.0113. The van der Waals surface area contributed by atoms with Crippen molar-refractivity contribution in [1.82, 2.24) is 4.98 Å². The van der Waals surface area contributed by atoms with E-state index in [0.717, 1.165) is 0 Å². The molecule has 0 saturated carbocycles. The van der Waals surface area contributed by atoms with Crippen molar-refractivity contribution in [2.75, 3.05) is 5.32 Å². The normalized spacial score (nSPS) is 11.2. The van der Waals surface area contributed by atoms with Gasteiger partial charge >= 0.3 is 5.97 Å². The summed E-state index contributed by atoms with van der Waals surface area (Å²) in [4.78, 5) is 27.7. The molecule has 1 atom stereocenters. The maximum absolute atomic E-state index is 12.0. The molecule has 0 spiro atoms. The Kier molecular flexibility index (Phi) is 5.28. The number of ether oxygens (including phenoxy) is 1. The van der Waals surface area contributed by atoms with E-state index in [4.69, 9.17) is 21.6 Å². The lowest BCUT2D eigenvalue weighted by atomic mass is 10.2. The number of carbonyl (C=O) groups is 2. The largest absolute Gasteiger partial charge is 0.449 e. The molecule has 0 saturated heterocycles. The van der Waals surface area contributed by atoms with Crippen LogP contribution in [0.4, 0.5) is 5.69 Å². The molecule has 6 nitrogen and oxygen atoms in total. The molecule has 1 aromatic heterocycles. The SMILES string of the molecule is C[C@H](OC(=O)c1cccnc1Cl)C(=O)Nc1ccc(C#N)cc1. The van der Waals surface area contributed by atoms with E-state index in [-0.39, 0.29) is 10.7 Å². The van der Waals surface area contributed by atoms with Gasteiger partial charge in [-0.2, -0.15) is 5.26 Å². The topological polar surface area (TPSA) is 92.1 Å². The Balaban J connectivity index is 1.98. The smallest absolute Gasteiger partial charge is 0.342 e. The maximum Gasteiger partial charge on any atom is 0.342 e. The monoisotopic (exact) mass is 329 g/mol. The lowest BCUT2D eigenvalue weighted by Gasteiger charge is -2.13. The first-order valence-corrected chi connectivity index (χ1v) is 7.01. The molecule has 2 rings (SSSR count). The number of amides is 1. The highest BCUT2D eigenvalue weighted by Gasteiger charge is 2.20. The van der Waals surface area contributed by atoms with Crippen molar-refractivity contribution in [3.05, 3.63) is 58.9 Å². The fraction of sp³-hybridized carbons (Fsp3) is 0.125. The average molecular weight is 330 g/mol. The van der Waals surface area contributed by atoms with Crippen molar-refractivity contribution in [2.45, 2.75) is 13.0 Å². The lowest BCUT2D eigenvalue weighted by Crippen LogP contribution is -2.30. The third-order valence-electron chi connectivity index (χ3n) is 2.91. The van der Waals surface area contributed by atoms with E-state index in [9.17, 15) is 9.59 Å². The summed E-state index contributed by atoms with van der Waals surface area (Å²) in [5, 5.41) is 11.3. The molecule has 0 unspecified atom stereocenters. The number of nitriles is 1. The Morgan fingerprint density at radius 1 is 1.30 bits per heavy atom. The number of benzene rings is 1. The molecule has 1 heterocycles. The highest BCUT2D eigenvalue weighted by molar-refractivity contribution is 6.32. The van der Waals surface area contributed by atoms with Crippen molar-refractivity contribution < 1.29 is 14.3 Å². The Bertz CT molecular complexity index is 769. The summed E-state index contributed by atoms with van der Waals surface area (Å²) in [5.41, 5.74) is 1.07. The fourth-order valence-corrected chi connectivity index (χ4v) is 1.88. The Labute approximate surface area is 137 Å². The number of hydrogen-bond acceptors (Lipinski definition) is 5. The second-order valence-corrected chi connectivity index (χ2v) is 4.93. The molecule has 0 aliphatic heterocycles. The van der Waals surface area contributed by atoms with Crippen LogP contribution < -0.4 is 5.32 Å². The number of rotatable bonds is 4. The van der Waals surface area contributed by atoms with E-state index in [2.05, 4.69) is 10.3 Å². The molecule has 0 aliphatic carbocycles. The quantitative estimate of drug-likeness (QED) is 0.687. The molecule has 0 bridgehead atoms. The maximum atomic E-state index is 12.0. The van der Waals surface area contributed by atoms with Gasteiger partial charge in [0.05, 0.1) is 17.2 Å². The van der Waals surface area contributed by atoms with E-state index < -0.39 is 18.0 Å². The number of halogens is 1. The zero-order valence-corrected chi connectivity index (χ0v) is 12.9.